The zero-order valence-electron chi connectivity index (χ0n) is 15.0. The Kier molecular flexibility index (Phi) is 3.94. The van der Waals surface area contributed by atoms with Crippen molar-refractivity contribution in [2.45, 2.75) is 25.8 Å². The summed E-state index contributed by atoms with van der Waals surface area (Å²) in [6.45, 7) is 1.19. The molecule has 2 aliphatic rings. The Labute approximate surface area is 165 Å². The highest BCUT2D eigenvalue weighted by atomic mass is 32.1. The Morgan fingerprint density at radius 3 is 2.93 bits per heavy atom. The first kappa shape index (κ1) is 17.0. The minimum Gasteiger partial charge on any atom is -0.476 e. The van der Waals surface area contributed by atoms with Crippen LogP contribution >= 0.6 is 11.3 Å². The highest BCUT2D eigenvalue weighted by molar-refractivity contribution is 7.17. The SMILES string of the molecule is NC(=O)c1c(NC(=O)c2cc3n(n2)CCO3)sc2c1-c1ccccc1CCC2. The van der Waals surface area contributed by atoms with Crippen LogP contribution in [0, 0.1) is 0 Å². The Bertz CT molecular complexity index is 1090. The van der Waals surface area contributed by atoms with Crippen LogP contribution in [0.15, 0.2) is 30.3 Å². The lowest BCUT2D eigenvalue weighted by Crippen LogP contribution is -2.18. The van der Waals surface area contributed by atoms with Crippen molar-refractivity contribution in [3.05, 3.63) is 52.0 Å². The van der Waals surface area contributed by atoms with Gasteiger partial charge in [0.2, 0.25) is 5.88 Å². The summed E-state index contributed by atoms with van der Waals surface area (Å²) >= 11 is 1.42. The van der Waals surface area contributed by atoms with Gasteiger partial charge in [-0.05, 0) is 30.4 Å². The van der Waals surface area contributed by atoms with E-state index in [1.807, 2.05) is 18.2 Å². The van der Waals surface area contributed by atoms with Crippen molar-refractivity contribution in [2.75, 3.05) is 11.9 Å². The zero-order valence-corrected chi connectivity index (χ0v) is 15.8. The minimum atomic E-state index is -0.542. The lowest BCUT2D eigenvalue weighted by atomic mass is 9.96. The molecule has 0 saturated heterocycles. The van der Waals surface area contributed by atoms with Gasteiger partial charge in [0.15, 0.2) is 5.69 Å². The van der Waals surface area contributed by atoms with Gasteiger partial charge in [-0.2, -0.15) is 5.10 Å². The highest BCUT2D eigenvalue weighted by Gasteiger charge is 2.28. The number of thiophene rings is 1. The van der Waals surface area contributed by atoms with Gasteiger partial charge in [-0.25, -0.2) is 4.68 Å². The van der Waals surface area contributed by atoms with Gasteiger partial charge < -0.3 is 15.8 Å². The summed E-state index contributed by atoms with van der Waals surface area (Å²) in [4.78, 5) is 26.2. The molecule has 3 N–H and O–H groups in total. The van der Waals surface area contributed by atoms with Crippen molar-refractivity contribution in [3.63, 3.8) is 0 Å². The van der Waals surface area contributed by atoms with Gasteiger partial charge in [0.25, 0.3) is 11.8 Å². The van der Waals surface area contributed by atoms with Crippen molar-refractivity contribution >= 4 is 28.2 Å². The van der Waals surface area contributed by atoms with Crippen LogP contribution in [0.4, 0.5) is 5.00 Å². The zero-order chi connectivity index (χ0) is 19.3. The molecule has 5 rings (SSSR count). The second-order valence-corrected chi connectivity index (χ2v) is 7.98. The van der Waals surface area contributed by atoms with Crippen LogP contribution in [0.1, 0.15) is 37.7 Å². The van der Waals surface area contributed by atoms with Crippen LogP contribution in [0.2, 0.25) is 0 Å². The molecule has 0 bridgehead atoms. The van der Waals surface area contributed by atoms with Crippen molar-refractivity contribution < 1.29 is 14.3 Å². The molecule has 1 aliphatic carbocycles. The predicted molar refractivity (Wildman–Crippen MR) is 106 cm³/mol. The molecule has 0 unspecified atom stereocenters. The topological polar surface area (TPSA) is 99.2 Å². The molecular weight excluding hydrogens is 376 g/mol. The molecule has 0 fully saturated rings. The third-order valence-electron chi connectivity index (χ3n) is 5.12. The first-order chi connectivity index (χ1) is 13.6. The molecule has 7 nitrogen and oxygen atoms in total. The van der Waals surface area contributed by atoms with E-state index in [0.29, 0.717) is 29.6 Å². The number of nitrogens with two attached hydrogens (primary N) is 1. The van der Waals surface area contributed by atoms with Gasteiger partial charge in [-0.1, -0.05) is 24.3 Å². The maximum absolute atomic E-state index is 12.7. The van der Waals surface area contributed by atoms with Gasteiger partial charge in [0.1, 0.15) is 11.6 Å². The number of aromatic nitrogens is 2. The molecule has 1 aliphatic heterocycles. The third-order valence-corrected chi connectivity index (χ3v) is 6.28. The number of rotatable bonds is 3. The Morgan fingerprint density at radius 1 is 1.25 bits per heavy atom. The van der Waals surface area contributed by atoms with E-state index in [9.17, 15) is 9.59 Å². The lowest BCUT2D eigenvalue weighted by Gasteiger charge is -2.09. The molecule has 2 amide bonds. The fourth-order valence-corrected chi connectivity index (χ4v) is 5.13. The Balaban J connectivity index is 1.56. The molecule has 8 heteroatoms. The fourth-order valence-electron chi connectivity index (χ4n) is 3.87. The number of amides is 2. The summed E-state index contributed by atoms with van der Waals surface area (Å²) in [6, 6.07) is 9.67. The van der Waals surface area contributed by atoms with Crippen molar-refractivity contribution in [2.24, 2.45) is 5.73 Å². The van der Waals surface area contributed by atoms with Gasteiger partial charge in [-0.15, -0.1) is 11.3 Å². The highest BCUT2D eigenvalue weighted by Crippen LogP contribution is 2.44. The van der Waals surface area contributed by atoms with Crippen LogP contribution in [-0.4, -0.2) is 28.2 Å². The second kappa shape index (κ2) is 6.49. The summed E-state index contributed by atoms with van der Waals surface area (Å²) in [7, 11) is 0. The largest absolute Gasteiger partial charge is 0.476 e. The molecule has 1 aromatic carbocycles. The molecule has 0 spiro atoms. The second-order valence-electron chi connectivity index (χ2n) is 6.87. The van der Waals surface area contributed by atoms with Crippen molar-refractivity contribution in [1.29, 1.82) is 0 Å². The number of ether oxygens (including phenoxy) is 1. The number of hydrogen-bond donors (Lipinski definition) is 2. The van der Waals surface area contributed by atoms with Crippen LogP contribution in [0.25, 0.3) is 11.1 Å². The number of fused-ring (bicyclic) bond motifs is 4. The molecule has 3 aromatic rings. The lowest BCUT2D eigenvalue weighted by molar-refractivity contribution is 0.100. The minimum absolute atomic E-state index is 0.258. The van der Waals surface area contributed by atoms with E-state index < -0.39 is 5.91 Å². The van der Waals surface area contributed by atoms with Gasteiger partial charge in [-0.3, -0.25) is 9.59 Å². The Hall–Kier alpha value is -3.13. The van der Waals surface area contributed by atoms with E-state index in [0.717, 1.165) is 35.3 Å². The predicted octanol–water partition coefficient (Wildman–Crippen LogP) is 2.84. The van der Waals surface area contributed by atoms with Crippen LogP contribution in [0.5, 0.6) is 5.88 Å². The molecule has 0 atom stereocenters. The number of anilines is 1. The maximum atomic E-state index is 12.7. The van der Waals surface area contributed by atoms with Gasteiger partial charge in [0.05, 0.1) is 12.1 Å². The first-order valence-corrected chi connectivity index (χ1v) is 9.99. The quantitative estimate of drug-likeness (QED) is 0.713. The van der Waals surface area contributed by atoms with E-state index in [-0.39, 0.29) is 11.6 Å². The average molecular weight is 394 g/mol. The maximum Gasteiger partial charge on any atom is 0.276 e. The summed E-state index contributed by atoms with van der Waals surface area (Å²) < 4.78 is 7.07. The average Bonchev–Trinajstić information content (AvgIpc) is 3.32. The van der Waals surface area contributed by atoms with Crippen molar-refractivity contribution in [1.82, 2.24) is 9.78 Å². The molecule has 28 heavy (non-hydrogen) atoms. The number of hydrogen-bond acceptors (Lipinski definition) is 5. The molecule has 0 radical (unpaired) electrons. The van der Waals surface area contributed by atoms with Crippen molar-refractivity contribution in [3.8, 4) is 17.0 Å². The molecule has 0 saturated carbocycles. The molecular formula is C20H18N4O3S. The van der Waals surface area contributed by atoms with E-state index in [1.54, 1.807) is 10.7 Å². The smallest absolute Gasteiger partial charge is 0.276 e. The summed E-state index contributed by atoms with van der Waals surface area (Å²) in [5, 5.41) is 7.59. The monoisotopic (exact) mass is 394 g/mol. The number of nitrogens with zero attached hydrogens (tertiary/aromatic N) is 2. The summed E-state index contributed by atoms with van der Waals surface area (Å²) in [6.07, 6.45) is 2.79. The van der Waals surface area contributed by atoms with E-state index >= 15 is 0 Å². The van der Waals surface area contributed by atoms with E-state index in [4.69, 9.17) is 10.5 Å². The fraction of sp³-hybridized carbons (Fsp3) is 0.250. The van der Waals surface area contributed by atoms with Gasteiger partial charge in [0, 0.05) is 16.5 Å². The first-order valence-electron chi connectivity index (χ1n) is 9.17. The number of carbonyl (C=O) groups is 2. The number of aryl methyl sites for hydroxylation is 2. The van der Waals surface area contributed by atoms with Crippen LogP contribution in [0.3, 0.4) is 0 Å². The Morgan fingerprint density at radius 2 is 2.11 bits per heavy atom. The van der Waals surface area contributed by atoms with Crippen LogP contribution < -0.4 is 15.8 Å². The normalized spacial score (nSPS) is 14.4. The third kappa shape index (κ3) is 2.68. The molecule has 142 valence electrons. The number of primary amides is 1. The summed E-state index contributed by atoms with van der Waals surface area (Å²) in [5.74, 6) is -0.339. The van der Waals surface area contributed by atoms with E-state index in [2.05, 4.69) is 16.5 Å². The summed E-state index contributed by atoms with van der Waals surface area (Å²) in [5.41, 5.74) is 9.46. The number of nitrogens with one attached hydrogen (secondary N) is 1. The van der Waals surface area contributed by atoms with Gasteiger partial charge >= 0.3 is 0 Å². The van der Waals surface area contributed by atoms with Crippen LogP contribution in [-0.2, 0) is 19.4 Å². The number of benzene rings is 1. The van der Waals surface area contributed by atoms with E-state index in [1.165, 1.54) is 16.9 Å². The number of carbonyl (C=O) groups excluding carboxylic acids is 2. The molecule has 3 heterocycles. The standard InChI is InChI=1S/C20H18N4O3S/c21-18(25)17-16-12-6-2-1-4-11(12)5-3-7-14(16)28-20(17)22-19(26)13-10-15-24(23-13)8-9-27-15/h1-2,4,6,10H,3,5,7-9H2,(H2,21,25)(H,22,26). The molecule has 2 aromatic heterocycles.